The number of aromatic nitrogens is 1. The Kier molecular flexibility index (Phi) is 4.56. The Morgan fingerprint density at radius 2 is 1.80 bits per heavy atom. The Morgan fingerprint density at radius 3 is 2.44 bits per heavy atom. The lowest BCUT2D eigenvalue weighted by Gasteiger charge is -2.31. The van der Waals surface area contributed by atoms with Gasteiger partial charge in [0.15, 0.2) is 0 Å². The molecule has 0 saturated carbocycles. The molecule has 1 aliphatic rings. The van der Waals surface area contributed by atoms with E-state index in [1.807, 2.05) is 30.3 Å². The summed E-state index contributed by atoms with van der Waals surface area (Å²) in [4.78, 5) is 0. The molecule has 134 valence electrons. The number of hydrogen-bond acceptors (Lipinski definition) is 0. The average molecular weight is 348 g/mol. The molecular formula is C19H24BF3N2. The van der Waals surface area contributed by atoms with Crippen molar-refractivity contribution in [1.82, 2.24) is 4.48 Å². The van der Waals surface area contributed by atoms with Crippen molar-refractivity contribution < 1.29 is 17.5 Å². The van der Waals surface area contributed by atoms with Crippen molar-refractivity contribution in [2.24, 2.45) is 5.92 Å². The van der Waals surface area contributed by atoms with Crippen molar-refractivity contribution in [2.45, 2.75) is 46.8 Å². The van der Waals surface area contributed by atoms with Crippen LogP contribution >= 0.6 is 0 Å². The lowest BCUT2D eigenvalue weighted by molar-refractivity contribution is -0.510. The normalized spacial score (nSPS) is 15.9. The van der Waals surface area contributed by atoms with E-state index in [1.54, 1.807) is 20.8 Å². The first-order valence-corrected chi connectivity index (χ1v) is 8.81. The number of benzene rings is 1. The van der Waals surface area contributed by atoms with Gasteiger partial charge >= 0.3 is 6.97 Å². The summed E-state index contributed by atoms with van der Waals surface area (Å²) in [6, 6.07) is 9.46. The second-order valence-electron chi connectivity index (χ2n) is 7.10. The molecule has 1 unspecified atom stereocenters. The van der Waals surface area contributed by atoms with Gasteiger partial charge in [0.25, 0.3) is 6.30 Å². The Hall–Kier alpha value is -1.98. The molecule has 0 saturated heterocycles. The van der Waals surface area contributed by atoms with Crippen molar-refractivity contribution in [1.29, 1.82) is 0 Å². The predicted molar refractivity (Wildman–Crippen MR) is 97.1 cm³/mol. The van der Waals surface area contributed by atoms with Crippen molar-refractivity contribution in [3.8, 4) is 11.3 Å². The molecule has 6 heteroatoms. The maximum Gasteiger partial charge on any atom is 0.733 e. The van der Waals surface area contributed by atoms with Gasteiger partial charge in [-0.3, -0.25) is 0 Å². The van der Waals surface area contributed by atoms with Crippen LogP contribution in [0.2, 0.25) is 0 Å². The molecule has 0 fully saturated rings. The maximum atomic E-state index is 15.5. The van der Waals surface area contributed by atoms with E-state index in [2.05, 4.69) is 0 Å². The quantitative estimate of drug-likeness (QED) is 0.424. The minimum absolute atomic E-state index is 0.467. The molecule has 1 atom stereocenters. The Labute approximate surface area is 147 Å². The maximum absolute atomic E-state index is 15.5. The van der Waals surface area contributed by atoms with E-state index in [0.29, 0.717) is 15.9 Å². The van der Waals surface area contributed by atoms with Crippen LogP contribution in [0.25, 0.3) is 11.3 Å². The van der Waals surface area contributed by atoms with E-state index in [1.165, 1.54) is 13.1 Å². The van der Waals surface area contributed by atoms with Crippen molar-refractivity contribution in [2.75, 3.05) is 0 Å². The zero-order valence-electron chi connectivity index (χ0n) is 15.1. The van der Waals surface area contributed by atoms with Crippen LogP contribution in [0.3, 0.4) is 0 Å². The molecule has 0 amide bonds. The second kappa shape index (κ2) is 6.39. The summed E-state index contributed by atoms with van der Waals surface area (Å²) in [7, 11) is 0. The van der Waals surface area contributed by atoms with E-state index in [-0.39, 0.29) is 0 Å². The summed E-state index contributed by atoms with van der Waals surface area (Å²) in [6.07, 6.45) is 1.000. The summed E-state index contributed by atoms with van der Waals surface area (Å²) in [6.45, 7) is 2.08. The summed E-state index contributed by atoms with van der Waals surface area (Å²) >= 11 is 0. The standard InChI is InChI=1S/C19H24BF3N2/c1-5-24(19(21)13(2)3)20(22,23)25-14(4)12-16-11-10-15-8-6-7-9-17(15)18(16)25/h5-9,12-13,19H,10-11H2,1-4H3/b24-5-. The number of hydrogen-bond donors (Lipinski definition) is 0. The fraction of sp³-hybridized carbons (Fsp3) is 0.421. The van der Waals surface area contributed by atoms with E-state index >= 15 is 8.63 Å². The van der Waals surface area contributed by atoms with Crippen molar-refractivity contribution in [3.05, 3.63) is 47.2 Å². The number of fused-ring (bicyclic) bond motifs is 3. The number of halogens is 3. The Morgan fingerprint density at radius 1 is 1.16 bits per heavy atom. The van der Waals surface area contributed by atoms with Crippen LogP contribution in [0.5, 0.6) is 0 Å². The molecular weight excluding hydrogens is 324 g/mol. The van der Waals surface area contributed by atoms with Gasteiger partial charge in [-0.1, -0.05) is 38.1 Å². The molecule has 0 aliphatic heterocycles. The lowest BCUT2D eigenvalue weighted by Crippen LogP contribution is -2.52. The number of aryl methyl sites for hydroxylation is 3. The highest BCUT2D eigenvalue weighted by Crippen LogP contribution is 2.38. The van der Waals surface area contributed by atoms with Gasteiger partial charge in [0.05, 0.1) is 6.21 Å². The monoisotopic (exact) mass is 348 g/mol. The van der Waals surface area contributed by atoms with Gasteiger partial charge in [-0.05, 0) is 48.2 Å². The fourth-order valence-electron chi connectivity index (χ4n) is 3.82. The van der Waals surface area contributed by atoms with Gasteiger partial charge in [0, 0.05) is 18.5 Å². The zero-order valence-corrected chi connectivity index (χ0v) is 15.1. The van der Waals surface area contributed by atoms with Crippen LogP contribution < -0.4 is 0 Å². The van der Waals surface area contributed by atoms with Gasteiger partial charge in [0.2, 0.25) is 0 Å². The van der Waals surface area contributed by atoms with Gasteiger partial charge in [-0.15, -0.1) is 0 Å². The molecule has 25 heavy (non-hydrogen) atoms. The van der Waals surface area contributed by atoms with Crippen LogP contribution in [0.15, 0.2) is 30.3 Å². The summed E-state index contributed by atoms with van der Waals surface area (Å²) in [5.41, 5.74) is 3.80. The SMILES string of the molecule is C/C=[N+](/C(F)C(C)C)[B-](F)(F)n1c(C)cc2c1-c1ccccc1CC2. The molecule has 0 spiro atoms. The third-order valence-corrected chi connectivity index (χ3v) is 5.05. The summed E-state index contributed by atoms with van der Waals surface area (Å²) in [5.74, 6) is -0.525. The van der Waals surface area contributed by atoms with E-state index in [0.717, 1.165) is 34.0 Å². The zero-order chi connectivity index (χ0) is 18.4. The Bertz CT molecular complexity index is 824. The third-order valence-electron chi connectivity index (χ3n) is 5.05. The van der Waals surface area contributed by atoms with Gasteiger partial charge in [-0.2, -0.15) is 4.39 Å². The molecule has 2 aromatic rings. The minimum atomic E-state index is -4.28. The molecule has 1 aromatic heterocycles. The number of rotatable bonds is 4. The van der Waals surface area contributed by atoms with Crippen molar-refractivity contribution in [3.63, 3.8) is 0 Å². The third kappa shape index (κ3) is 2.81. The highest BCUT2D eigenvalue weighted by Gasteiger charge is 2.50. The van der Waals surface area contributed by atoms with Gasteiger partial charge in [-0.25, -0.2) is 0 Å². The first-order valence-electron chi connectivity index (χ1n) is 8.81. The fourth-order valence-corrected chi connectivity index (χ4v) is 3.82. The average Bonchev–Trinajstić information content (AvgIpc) is 2.92. The molecule has 0 N–H and O–H groups in total. The minimum Gasteiger partial charge on any atom is -0.394 e. The molecule has 0 bridgehead atoms. The van der Waals surface area contributed by atoms with Crippen LogP contribution in [-0.4, -0.2) is 28.4 Å². The molecule has 1 aromatic carbocycles. The van der Waals surface area contributed by atoms with E-state index in [4.69, 9.17) is 0 Å². The van der Waals surface area contributed by atoms with Crippen LogP contribution in [0.1, 0.15) is 37.6 Å². The topological polar surface area (TPSA) is 7.94 Å². The highest BCUT2D eigenvalue weighted by molar-refractivity contribution is 6.57. The van der Waals surface area contributed by atoms with Gasteiger partial charge in [0.1, 0.15) is 0 Å². The lowest BCUT2D eigenvalue weighted by atomic mass is 9.87. The van der Waals surface area contributed by atoms with E-state index in [9.17, 15) is 4.39 Å². The molecule has 0 radical (unpaired) electrons. The van der Waals surface area contributed by atoms with Crippen LogP contribution in [0.4, 0.5) is 13.0 Å². The molecule has 1 heterocycles. The molecule has 2 nitrogen and oxygen atoms in total. The summed E-state index contributed by atoms with van der Waals surface area (Å²) in [5, 5.41) is 0. The second-order valence-corrected chi connectivity index (χ2v) is 7.10. The highest BCUT2D eigenvalue weighted by atomic mass is 19.2. The largest absolute Gasteiger partial charge is 0.733 e. The number of nitrogens with zero attached hydrogens (tertiary/aromatic N) is 2. The first-order chi connectivity index (χ1) is 11.8. The predicted octanol–water partition coefficient (Wildman–Crippen LogP) is 4.84. The first kappa shape index (κ1) is 17.8. The summed E-state index contributed by atoms with van der Waals surface area (Å²) < 4.78 is 47.2. The Balaban J connectivity index is 2.21. The van der Waals surface area contributed by atoms with Gasteiger partial charge < -0.3 is 17.6 Å². The molecule has 1 aliphatic carbocycles. The van der Waals surface area contributed by atoms with Crippen molar-refractivity contribution >= 4 is 13.2 Å². The smallest absolute Gasteiger partial charge is 0.394 e. The molecule has 3 rings (SSSR count). The number of alkyl halides is 1. The van der Waals surface area contributed by atoms with E-state index < -0.39 is 19.2 Å². The van der Waals surface area contributed by atoms with Crippen LogP contribution in [-0.2, 0) is 12.8 Å². The van der Waals surface area contributed by atoms with Crippen LogP contribution in [0, 0.1) is 12.8 Å².